The zero-order valence-corrected chi connectivity index (χ0v) is 15.3. The molecule has 2 aliphatic rings. The van der Waals surface area contributed by atoms with Crippen molar-refractivity contribution in [1.29, 1.82) is 0 Å². The lowest BCUT2D eigenvalue weighted by Gasteiger charge is -2.48. The van der Waals surface area contributed by atoms with E-state index in [1.165, 1.54) is 0 Å². The van der Waals surface area contributed by atoms with Gasteiger partial charge < -0.3 is 25.4 Å². The molecular formula is C18H25ClN2O5. The van der Waals surface area contributed by atoms with E-state index >= 15 is 0 Å². The molecule has 4 N–H and O–H groups in total. The van der Waals surface area contributed by atoms with Crippen LogP contribution in [0, 0.1) is 0 Å². The van der Waals surface area contributed by atoms with Gasteiger partial charge in [-0.1, -0.05) is 17.7 Å². The third-order valence-corrected chi connectivity index (χ3v) is 5.48. The van der Waals surface area contributed by atoms with E-state index in [2.05, 4.69) is 4.90 Å². The molecule has 0 bridgehead atoms. The molecule has 0 aromatic heterocycles. The first kappa shape index (κ1) is 19.4. The van der Waals surface area contributed by atoms with Crippen LogP contribution in [0.5, 0.6) is 5.75 Å². The third-order valence-electron chi connectivity index (χ3n) is 5.18. The number of nitrogens with zero attached hydrogens (tertiary/aromatic N) is 1. The standard InChI is InChI=1S/C18H25ClN2O5/c19-13-9-12(1-2-15(13)25-11-16(20)23)10-21-6-4-18(5-7-21)17(24)14(22)3-8-26-18/h1-2,9,14,17,22,24H,3-8,10-11H2,(H2,20,23)/t14-,17-/m0/s1. The van der Waals surface area contributed by atoms with Gasteiger partial charge in [0.1, 0.15) is 11.9 Å². The highest BCUT2D eigenvalue weighted by atomic mass is 35.5. The summed E-state index contributed by atoms with van der Waals surface area (Å²) in [6, 6.07) is 5.46. The summed E-state index contributed by atoms with van der Waals surface area (Å²) in [5.74, 6) is -0.121. The second kappa shape index (κ2) is 8.10. The lowest BCUT2D eigenvalue weighted by molar-refractivity contribution is -0.214. The Morgan fingerprint density at radius 2 is 2.12 bits per heavy atom. The number of likely N-dealkylation sites (tertiary alicyclic amines) is 1. The second-order valence-electron chi connectivity index (χ2n) is 7.01. The SMILES string of the molecule is NC(=O)COc1ccc(CN2CCC3(CC2)OCC[C@H](O)[C@@H]3O)cc1Cl. The number of ether oxygens (including phenoxy) is 2. The lowest BCUT2D eigenvalue weighted by Crippen LogP contribution is -2.59. The maximum absolute atomic E-state index is 10.8. The Bertz CT molecular complexity index is 648. The van der Waals surface area contributed by atoms with Gasteiger partial charge in [-0.25, -0.2) is 0 Å². The molecule has 1 spiro atoms. The van der Waals surface area contributed by atoms with Crippen molar-refractivity contribution < 1.29 is 24.5 Å². The summed E-state index contributed by atoms with van der Waals surface area (Å²) in [6.45, 7) is 2.52. The number of nitrogens with two attached hydrogens (primary N) is 1. The van der Waals surface area contributed by atoms with Gasteiger partial charge in [0.15, 0.2) is 6.61 Å². The summed E-state index contributed by atoms with van der Waals surface area (Å²) >= 11 is 6.21. The van der Waals surface area contributed by atoms with Crippen molar-refractivity contribution in [2.75, 3.05) is 26.3 Å². The zero-order chi connectivity index (χ0) is 18.7. The minimum Gasteiger partial charge on any atom is -0.482 e. The minimum atomic E-state index is -0.825. The van der Waals surface area contributed by atoms with Gasteiger partial charge in [-0.05, 0) is 37.0 Å². The Morgan fingerprint density at radius 3 is 2.77 bits per heavy atom. The van der Waals surface area contributed by atoms with Crippen LogP contribution < -0.4 is 10.5 Å². The van der Waals surface area contributed by atoms with Crippen LogP contribution in [0.2, 0.25) is 5.02 Å². The summed E-state index contributed by atoms with van der Waals surface area (Å²) in [5.41, 5.74) is 5.47. The van der Waals surface area contributed by atoms with Crippen LogP contribution in [0.1, 0.15) is 24.8 Å². The number of benzene rings is 1. The highest BCUT2D eigenvalue weighted by Crippen LogP contribution is 2.36. The molecule has 3 rings (SSSR count). The number of piperidine rings is 1. The van der Waals surface area contributed by atoms with E-state index in [9.17, 15) is 15.0 Å². The van der Waals surface area contributed by atoms with Crippen LogP contribution in [0.25, 0.3) is 0 Å². The van der Waals surface area contributed by atoms with Gasteiger partial charge in [-0.15, -0.1) is 0 Å². The first-order valence-electron chi connectivity index (χ1n) is 8.81. The van der Waals surface area contributed by atoms with Gasteiger partial charge in [-0.3, -0.25) is 9.69 Å². The molecule has 7 nitrogen and oxygen atoms in total. The largest absolute Gasteiger partial charge is 0.482 e. The molecule has 0 unspecified atom stereocenters. The molecule has 1 aromatic rings. The van der Waals surface area contributed by atoms with Gasteiger partial charge in [0.05, 0.1) is 23.3 Å². The van der Waals surface area contributed by atoms with Crippen molar-refractivity contribution in [3.05, 3.63) is 28.8 Å². The molecule has 144 valence electrons. The van der Waals surface area contributed by atoms with E-state index in [0.717, 1.165) is 18.7 Å². The number of hydrogen-bond acceptors (Lipinski definition) is 6. The van der Waals surface area contributed by atoms with Crippen LogP contribution in [-0.4, -0.2) is 65.1 Å². The number of aliphatic hydroxyl groups excluding tert-OH is 2. The van der Waals surface area contributed by atoms with E-state index in [4.69, 9.17) is 26.8 Å². The predicted molar refractivity (Wildman–Crippen MR) is 96.0 cm³/mol. The maximum Gasteiger partial charge on any atom is 0.255 e. The van der Waals surface area contributed by atoms with Gasteiger partial charge in [0.2, 0.25) is 0 Å². The van der Waals surface area contributed by atoms with Crippen molar-refractivity contribution in [2.45, 2.75) is 43.6 Å². The van der Waals surface area contributed by atoms with Crippen molar-refractivity contribution in [2.24, 2.45) is 5.73 Å². The molecule has 0 saturated carbocycles. The van der Waals surface area contributed by atoms with Crippen LogP contribution in [0.3, 0.4) is 0 Å². The summed E-state index contributed by atoms with van der Waals surface area (Å²) < 4.78 is 11.1. The molecular weight excluding hydrogens is 360 g/mol. The van der Waals surface area contributed by atoms with Gasteiger partial charge in [0, 0.05) is 19.6 Å². The molecule has 1 amide bonds. The fraction of sp³-hybridized carbons (Fsp3) is 0.611. The predicted octanol–water partition coefficient (Wildman–Crippen LogP) is 0.681. The van der Waals surface area contributed by atoms with E-state index in [1.54, 1.807) is 6.07 Å². The average molecular weight is 385 g/mol. The maximum atomic E-state index is 10.8. The smallest absolute Gasteiger partial charge is 0.255 e. The number of rotatable bonds is 5. The highest BCUT2D eigenvalue weighted by molar-refractivity contribution is 6.32. The van der Waals surface area contributed by atoms with Crippen LogP contribution >= 0.6 is 11.6 Å². The lowest BCUT2D eigenvalue weighted by atomic mass is 9.80. The Labute approximate surface area is 157 Å². The third kappa shape index (κ3) is 4.29. The molecule has 1 aromatic carbocycles. The first-order valence-corrected chi connectivity index (χ1v) is 9.19. The zero-order valence-electron chi connectivity index (χ0n) is 14.6. The van der Waals surface area contributed by atoms with Crippen molar-refractivity contribution in [1.82, 2.24) is 4.90 Å². The van der Waals surface area contributed by atoms with Crippen molar-refractivity contribution in [3.63, 3.8) is 0 Å². The van der Waals surface area contributed by atoms with Crippen LogP contribution in [-0.2, 0) is 16.1 Å². The highest BCUT2D eigenvalue weighted by Gasteiger charge is 2.47. The molecule has 8 heteroatoms. The summed E-state index contributed by atoms with van der Waals surface area (Å²) in [4.78, 5) is 13.1. The topological polar surface area (TPSA) is 105 Å². The van der Waals surface area contributed by atoms with Crippen molar-refractivity contribution >= 4 is 17.5 Å². The number of aliphatic hydroxyl groups is 2. The summed E-state index contributed by atoms with van der Waals surface area (Å²) in [6.07, 6.45) is 0.309. The van der Waals surface area contributed by atoms with Crippen molar-refractivity contribution in [3.8, 4) is 5.75 Å². The van der Waals surface area contributed by atoms with E-state index in [1.807, 2.05) is 12.1 Å². The Morgan fingerprint density at radius 1 is 1.38 bits per heavy atom. The van der Waals surface area contributed by atoms with E-state index < -0.39 is 23.7 Å². The number of hydrogen-bond donors (Lipinski definition) is 3. The summed E-state index contributed by atoms with van der Waals surface area (Å²) in [5, 5.41) is 20.7. The average Bonchev–Trinajstić information content (AvgIpc) is 2.61. The quantitative estimate of drug-likeness (QED) is 0.689. The molecule has 0 radical (unpaired) electrons. The van der Waals surface area contributed by atoms with Gasteiger partial charge >= 0.3 is 0 Å². The molecule has 0 aliphatic carbocycles. The summed E-state index contributed by atoms with van der Waals surface area (Å²) in [7, 11) is 0. The minimum absolute atomic E-state index is 0.207. The molecule has 2 heterocycles. The number of amides is 1. The fourth-order valence-electron chi connectivity index (χ4n) is 3.67. The fourth-order valence-corrected chi connectivity index (χ4v) is 3.93. The second-order valence-corrected chi connectivity index (χ2v) is 7.42. The number of carbonyl (C=O) groups is 1. The number of halogens is 1. The van der Waals surface area contributed by atoms with E-state index in [0.29, 0.717) is 43.2 Å². The molecule has 2 aliphatic heterocycles. The first-order chi connectivity index (χ1) is 12.4. The Balaban J connectivity index is 1.56. The van der Waals surface area contributed by atoms with Gasteiger partial charge in [0.25, 0.3) is 5.91 Å². The van der Waals surface area contributed by atoms with Gasteiger partial charge in [-0.2, -0.15) is 0 Å². The van der Waals surface area contributed by atoms with Crippen LogP contribution in [0.15, 0.2) is 18.2 Å². The molecule has 2 saturated heterocycles. The number of carbonyl (C=O) groups excluding carboxylic acids is 1. The molecule has 2 fully saturated rings. The molecule has 26 heavy (non-hydrogen) atoms. The molecule has 2 atom stereocenters. The normalized spacial score (nSPS) is 26.0. The Kier molecular flexibility index (Phi) is 6.04. The monoisotopic (exact) mass is 384 g/mol. The van der Waals surface area contributed by atoms with Crippen LogP contribution in [0.4, 0.5) is 0 Å². The Hall–Kier alpha value is -1.38. The van der Waals surface area contributed by atoms with E-state index in [-0.39, 0.29) is 6.61 Å². The number of primary amides is 1.